The van der Waals surface area contributed by atoms with Gasteiger partial charge in [-0.2, -0.15) is 5.10 Å². The number of hydrogen-bond acceptors (Lipinski definition) is 4. The second-order valence-electron chi connectivity index (χ2n) is 3.87. The summed E-state index contributed by atoms with van der Waals surface area (Å²) in [5.74, 6) is -0.339. The molecular formula is C13H13N3O2S. The molecule has 98 valence electrons. The molecule has 0 saturated carbocycles. The van der Waals surface area contributed by atoms with Gasteiger partial charge < -0.3 is 5.32 Å². The van der Waals surface area contributed by atoms with Gasteiger partial charge in [0.15, 0.2) is 0 Å². The monoisotopic (exact) mass is 275 g/mol. The average molecular weight is 275 g/mol. The zero-order valence-corrected chi connectivity index (χ0v) is 11.4. The lowest BCUT2D eigenvalue weighted by Gasteiger charge is -2.06. The number of hydrogen-bond donors (Lipinski definition) is 1. The highest BCUT2D eigenvalue weighted by Crippen LogP contribution is 2.19. The van der Waals surface area contributed by atoms with Crippen molar-refractivity contribution in [3.63, 3.8) is 0 Å². The fourth-order valence-corrected chi connectivity index (χ4v) is 1.98. The van der Waals surface area contributed by atoms with E-state index >= 15 is 0 Å². The molecular weight excluding hydrogens is 262 g/mol. The van der Waals surface area contributed by atoms with Gasteiger partial charge >= 0.3 is 0 Å². The highest BCUT2D eigenvalue weighted by atomic mass is 32.2. The maximum Gasteiger partial charge on any atom is 0.276 e. The minimum Gasteiger partial charge on any atom is -0.321 e. The van der Waals surface area contributed by atoms with Crippen LogP contribution < -0.4 is 10.9 Å². The lowest BCUT2D eigenvalue weighted by molar-refractivity contribution is 0.102. The van der Waals surface area contributed by atoms with E-state index in [9.17, 15) is 9.59 Å². The maximum absolute atomic E-state index is 12.0. The van der Waals surface area contributed by atoms with Gasteiger partial charge in [-0.3, -0.25) is 9.59 Å². The summed E-state index contributed by atoms with van der Waals surface area (Å²) in [6.45, 7) is 0. The zero-order valence-electron chi connectivity index (χ0n) is 10.6. The first kappa shape index (κ1) is 13.4. The van der Waals surface area contributed by atoms with Gasteiger partial charge in [0, 0.05) is 23.7 Å². The Morgan fingerprint density at radius 1 is 1.32 bits per heavy atom. The fraction of sp³-hybridized carbons (Fsp3) is 0.154. The SMILES string of the molecule is CSc1cccc(NC(=O)c2ccc(=O)n(C)n2)c1. The summed E-state index contributed by atoms with van der Waals surface area (Å²) < 4.78 is 1.13. The summed E-state index contributed by atoms with van der Waals surface area (Å²) in [6, 6.07) is 10.3. The van der Waals surface area contributed by atoms with E-state index in [0.29, 0.717) is 5.69 Å². The van der Waals surface area contributed by atoms with Gasteiger partial charge in [-0.1, -0.05) is 6.07 Å². The molecule has 1 amide bonds. The van der Waals surface area contributed by atoms with E-state index < -0.39 is 0 Å². The topological polar surface area (TPSA) is 64.0 Å². The van der Waals surface area contributed by atoms with Crippen molar-refractivity contribution in [2.75, 3.05) is 11.6 Å². The van der Waals surface area contributed by atoms with Crippen LogP contribution in [0.15, 0.2) is 46.1 Å². The molecule has 2 aromatic rings. The molecule has 0 aliphatic carbocycles. The standard InChI is InChI=1S/C13H13N3O2S/c1-16-12(17)7-6-11(15-16)13(18)14-9-4-3-5-10(8-9)19-2/h3-8H,1-2H3,(H,14,18). The molecule has 1 N–H and O–H groups in total. The van der Waals surface area contributed by atoms with Gasteiger partial charge in [-0.25, -0.2) is 4.68 Å². The van der Waals surface area contributed by atoms with E-state index in [1.54, 1.807) is 17.8 Å². The van der Waals surface area contributed by atoms with Gasteiger partial charge in [0.2, 0.25) is 0 Å². The van der Waals surface area contributed by atoms with Gasteiger partial charge in [0.1, 0.15) is 5.69 Å². The molecule has 0 fully saturated rings. The van der Waals surface area contributed by atoms with Crippen molar-refractivity contribution in [2.45, 2.75) is 4.90 Å². The normalized spacial score (nSPS) is 10.2. The average Bonchev–Trinajstić information content (AvgIpc) is 2.42. The third-order valence-corrected chi connectivity index (χ3v) is 3.25. The second-order valence-corrected chi connectivity index (χ2v) is 4.75. The quantitative estimate of drug-likeness (QED) is 0.867. The first-order chi connectivity index (χ1) is 9.10. The first-order valence-corrected chi connectivity index (χ1v) is 6.82. The predicted octanol–water partition coefficient (Wildman–Crippen LogP) is 1.75. The predicted molar refractivity (Wildman–Crippen MR) is 75.7 cm³/mol. The van der Waals surface area contributed by atoms with Crippen molar-refractivity contribution >= 4 is 23.4 Å². The van der Waals surface area contributed by atoms with Crippen LogP contribution in [0.3, 0.4) is 0 Å². The number of benzene rings is 1. The Bertz CT molecular complexity index is 667. The summed E-state index contributed by atoms with van der Waals surface area (Å²) in [7, 11) is 1.51. The molecule has 1 heterocycles. The number of aromatic nitrogens is 2. The van der Waals surface area contributed by atoms with E-state index in [1.165, 1.54) is 19.2 Å². The van der Waals surface area contributed by atoms with E-state index in [4.69, 9.17) is 0 Å². The van der Waals surface area contributed by atoms with Crippen LogP contribution in [0.25, 0.3) is 0 Å². The highest BCUT2D eigenvalue weighted by molar-refractivity contribution is 7.98. The van der Waals surface area contributed by atoms with Crippen LogP contribution in [0.4, 0.5) is 5.69 Å². The Hall–Kier alpha value is -2.08. The Morgan fingerprint density at radius 2 is 2.11 bits per heavy atom. The van der Waals surface area contributed by atoms with Crippen LogP contribution in [0.5, 0.6) is 0 Å². The summed E-state index contributed by atoms with van der Waals surface area (Å²) in [4.78, 5) is 24.2. The number of aryl methyl sites for hydroxylation is 1. The first-order valence-electron chi connectivity index (χ1n) is 5.60. The molecule has 6 heteroatoms. The Kier molecular flexibility index (Phi) is 4.01. The van der Waals surface area contributed by atoms with Crippen molar-refractivity contribution in [1.29, 1.82) is 0 Å². The lowest BCUT2D eigenvalue weighted by atomic mass is 10.3. The number of carbonyl (C=O) groups is 1. The fourth-order valence-electron chi connectivity index (χ4n) is 1.52. The summed E-state index contributed by atoms with van der Waals surface area (Å²) in [5.41, 5.74) is 0.657. The minimum atomic E-state index is -0.339. The third-order valence-electron chi connectivity index (χ3n) is 2.52. The van der Waals surface area contributed by atoms with Crippen LogP contribution in [0.1, 0.15) is 10.5 Å². The Balaban J connectivity index is 2.20. The Morgan fingerprint density at radius 3 is 2.79 bits per heavy atom. The number of thioether (sulfide) groups is 1. The van der Waals surface area contributed by atoms with Gasteiger partial charge in [-0.05, 0) is 30.5 Å². The molecule has 19 heavy (non-hydrogen) atoms. The second kappa shape index (κ2) is 5.71. The molecule has 0 saturated heterocycles. The molecule has 0 unspecified atom stereocenters. The molecule has 0 aliphatic rings. The minimum absolute atomic E-state index is 0.205. The molecule has 1 aromatic heterocycles. The largest absolute Gasteiger partial charge is 0.321 e. The van der Waals surface area contributed by atoms with Gasteiger partial charge in [0.05, 0.1) is 0 Å². The smallest absolute Gasteiger partial charge is 0.276 e. The molecule has 5 nitrogen and oxygen atoms in total. The third kappa shape index (κ3) is 3.23. The van der Waals surface area contributed by atoms with Gasteiger partial charge in [0.25, 0.3) is 11.5 Å². The number of amides is 1. The highest BCUT2D eigenvalue weighted by Gasteiger charge is 2.09. The van der Waals surface area contributed by atoms with E-state index in [1.807, 2.05) is 24.5 Å². The van der Waals surface area contributed by atoms with Crippen LogP contribution in [-0.2, 0) is 7.05 Å². The summed E-state index contributed by atoms with van der Waals surface area (Å²) in [6.07, 6.45) is 1.97. The van der Waals surface area contributed by atoms with E-state index in [0.717, 1.165) is 9.58 Å². The van der Waals surface area contributed by atoms with Crippen LogP contribution in [-0.4, -0.2) is 21.9 Å². The van der Waals surface area contributed by atoms with E-state index in [-0.39, 0.29) is 17.2 Å². The number of carbonyl (C=O) groups excluding carboxylic acids is 1. The van der Waals surface area contributed by atoms with Crippen LogP contribution in [0.2, 0.25) is 0 Å². The zero-order chi connectivity index (χ0) is 13.8. The Labute approximate surface area is 114 Å². The number of nitrogens with zero attached hydrogens (tertiary/aromatic N) is 2. The van der Waals surface area contributed by atoms with Crippen molar-refractivity contribution in [3.8, 4) is 0 Å². The van der Waals surface area contributed by atoms with E-state index in [2.05, 4.69) is 10.4 Å². The molecule has 2 rings (SSSR count). The van der Waals surface area contributed by atoms with Gasteiger partial charge in [-0.15, -0.1) is 11.8 Å². The summed E-state index contributed by atoms with van der Waals surface area (Å²) >= 11 is 1.60. The molecule has 0 atom stereocenters. The molecule has 0 spiro atoms. The van der Waals surface area contributed by atoms with Crippen molar-refractivity contribution < 1.29 is 4.79 Å². The molecule has 0 radical (unpaired) electrons. The molecule has 0 aliphatic heterocycles. The molecule has 1 aromatic carbocycles. The number of anilines is 1. The number of rotatable bonds is 3. The molecule has 0 bridgehead atoms. The maximum atomic E-state index is 12.0. The van der Waals surface area contributed by atoms with Crippen molar-refractivity contribution in [2.24, 2.45) is 7.05 Å². The van der Waals surface area contributed by atoms with Crippen LogP contribution in [0, 0.1) is 0 Å². The van der Waals surface area contributed by atoms with Crippen molar-refractivity contribution in [1.82, 2.24) is 9.78 Å². The lowest BCUT2D eigenvalue weighted by Crippen LogP contribution is -2.23. The number of nitrogens with one attached hydrogen (secondary N) is 1. The van der Waals surface area contributed by atoms with Crippen molar-refractivity contribution in [3.05, 3.63) is 52.4 Å². The summed E-state index contributed by atoms with van der Waals surface area (Å²) in [5, 5.41) is 6.65. The van der Waals surface area contributed by atoms with Crippen LogP contribution >= 0.6 is 11.8 Å².